The molecule has 0 fully saturated rings. The van der Waals surface area contributed by atoms with Gasteiger partial charge < -0.3 is 38.0 Å². The number of aliphatic carboxylic acids is 2. The molecular weight excluding hydrogens is 324 g/mol. The molecule has 2 atom stereocenters. The predicted octanol–water partition coefficient (Wildman–Crippen LogP) is -3.47. The molecule has 12 heteroatoms. The largest absolute Gasteiger partial charge is 0.481 e. The fourth-order valence-corrected chi connectivity index (χ4v) is 1.60. The first kappa shape index (κ1) is 21.1. The maximum absolute atomic E-state index is 11.9. The van der Waals surface area contributed by atoms with Crippen molar-refractivity contribution < 1.29 is 29.4 Å². The summed E-state index contributed by atoms with van der Waals surface area (Å²) in [5.41, 5.74) is 15.9. The van der Waals surface area contributed by atoms with Crippen molar-refractivity contribution in [3.63, 3.8) is 0 Å². The lowest BCUT2D eigenvalue weighted by atomic mass is 10.1. The van der Waals surface area contributed by atoms with E-state index in [4.69, 9.17) is 27.4 Å². The second-order valence-electron chi connectivity index (χ2n) is 4.83. The molecular formula is C12H22N6O6. The molecule has 0 saturated carbocycles. The molecule has 0 radical (unpaired) electrons. The van der Waals surface area contributed by atoms with Gasteiger partial charge in [-0.15, -0.1) is 0 Å². The molecule has 0 aliphatic rings. The number of aliphatic imine (C=N–C) groups is 1. The molecule has 0 saturated heterocycles. The molecule has 0 spiro atoms. The average Bonchev–Trinajstić information content (AvgIpc) is 2.47. The fraction of sp³-hybridized carbons (Fsp3) is 0.583. The SMILES string of the molecule is NC(N)=NCCCC(N)C(=O)NC(CC(=O)O)C(=O)NCC(=O)O. The van der Waals surface area contributed by atoms with E-state index in [1.807, 2.05) is 5.32 Å². The summed E-state index contributed by atoms with van der Waals surface area (Å²) < 4.78 is 0. The summed E-state index contributed by atoms with van der Waals surface area (Å²) in [4.78, 5) is 48.5. The van der Waals surface area contributed by atoms with E-state index in [1.54, 1.807) is 0 Å². The van der Waals surface area contributed by atoms with Gasteiger partial charge in [0.2, 0.25) is 11.8 Å². The first-order chi connectivity index (χ1) is 11.1. The van der Waals surface area contributed by atoms with E-state index in [9.17, 15) is 19.2 Å². The van der Waals surface area contributed by atoms with Crippen LogP contribution in [-0.2, 0) is 19.2 Å². The minimum Gasteiger partial charge on any atom is -0.481 e. The van der Waals surface area contributed by atoms with Crippen LogP contribution in [0.5, 0.6) is 0 Å². The van der Waals surface area contributed by atoms with Gasteiger partial charge in [-0.3, -0.25) is 24.2 Å². The third-order valence-corrected chi connectivity index (χ3v) is 2.73. The number of nitrogens with two attached hydrogens (primary N) is 3. The van der Waals surface area contributed by atoms with Crippen molar-refractivity contribution in [2.75, 3.05) is 13.1 Å². The Hall–Kier alpha value is -2.89. The maximum atomic E-state index is 11.9. The van der Waals surface area contributed by atoms with Crippen LogP contribution in [0, 0.1) is 0 Å². The van der Waals surface area contributed by atoms with Crippen LogP contribution in [0.2, 0.25) is 0 Å². The van der Waals surface area contributed by atoms with E-state index >= 15 is 0 Å². The number of carbonyl (C=O) groups excluding carboxylic acids is 2. The number of carboxylic acids is 2. The van der Waals surface area contributed by atoms with Crippen LogP contribution in [0.4, 0.5) is 0 Å². The molecule has 0 aromatic rings. The van der Waals surface area contributed by atoms with Gasteiger partial charge in [-0.2, -0.15) is 0 Å². The van der Waals surface area contributed by atoms with E-state index in [1.165, 1.54) is 0 Å². The molecule has 0 aromatic carbocycles. The van der Waals surface area contributed by atoms with Gasteiger partial charge >= 0.3 is 11.9 Å². The fourth-order valence-electron chi connectivity index (χ4n) is 1.60. The van der Waals surface area contributed by atoms with Gasteiger partial charge in [-0.25, -0.2) is 0 Å². The van der Waals surface area contributed by atoms with E-state index in [0.29, 0.717) is 6.42 Å². The molecule has 10 N–H and O–H groups in total. The highest BCUT2D eigenvalue weighted by atomic mass is 16.4. The maximum Gasteiger partial charge on any atom is 0.322 e. The van der Waals surface area contributed by atoms with Gasteiger partial charge in [-0.05, 0) is 12.8 Å². The molecule has 24 heavy (non-hydrogen) atoms. The number of carbonyl (C=O) groups is 4. The number of hydrogen-bond acceptors (Lipinski definition) is 6. The molecule has 0 heterocycles. The van der Waals surface area contributed by atoms with Gasteiger partial charge in [0.05, 0.1) is 12.5 Å². The molecule has 2 amide bonds. The Morgan fingerprint density at radius 2 is 1.67 bits per heavy atom. The van der Waals surface area contributed by atoms with Crippen molar-refractivity contribution in [3.8, 4) is 0 Å². The molecule has 0 aromatic heterocycles. The monoisotopic (exact) mass is 346 g/mol. The summed E-state index contributed by atoms with van der Waals surface area (Å²) in [6.45, 7) is -0.434. The average molecular weight is 346 g/mol. The summed E-state index contributed by atoms with van der Waals surface area (Å²) in [5, 5.41) is 21.4. The lowest BCUT2D eigenvalue weighted by molar-refractivity contribution is -0.141. The van der Waals surface area contributed by atoms with E-state index in [0.717, 1.165) is 0 Å². The molecule has 12 nitrogen and oxygen atoms in total. The third kappa shape index (κ3) is 9.94. The number of hydrogen-bond donors (Lipinski definition) is 7. The summed E-state index contributed by atoms with van der Waals surface area (Å²) in [7, 11) is 0. The zero-order valence-electron chi connectivity index (χ0n) is 12.9. The molecule has 0 aliphatic heterocycles. The second kappa shape index (κ2) is 10.8. The molecule has 0 aliphatic carbocycles. The van der Waals surface area contributed by atoms with Crippen LogP contribution >= 0.6 is 0 Å². The topological polar surface area (TPSA) is 223 Å². The van der Waals surface area contributed by atoms with Crippen molar-refractivity contribution in [2.45, 2.75) is 31.3 Å². The standard InChI is InChI=1S/C12H22N6O6/c13-6(2-1-3-16-12(14)15)10(23)18-7(4-8(19)20)11(24)17-5-9(21)22/h6-7H,1-5,13H2,(H,17,24)(H,18,23)(H,19,20)(H,21,22)(H4,14,15,16). The Balaban J connectivity index is 4.56. The van der Waals surface area contributed by atoms with Crippen LogP contribution in [-0.4, -0.2) is 65.1 Å². The smallest absolute Gasteiger partial charge is 0.322 e. The number of rotatable bonds is 11. The van der Waals surface area contributed by atoms with Crippen LogP contribution in [0.3, 0.4) is 0 Å². The van der Waals surface area contributed by atoms with Crippen molar-refractivity contribution in [1.29, 1.82) is 0 Å². The van der Waals surface area contributed by atoms with Crippen LogP contribution in [0.25, 0.3) is 0 Å². The van der Waals surface area contributed by atoms with Gasteiger partial charge in [0, 0.05) is 6.54 Å². The molecule has 0 bridgehead atoms. The second-order valence-corrected chi connectivity index (χ2v) is 4.83. The highest BCUT2D eigenvalue weighted by Crippen LogP contribution is 1.99. The number of amides is 2. The number of carboxylic acid groups (broad SMARTS) is 2. The molecule has 136 valence electrons. The van der Waals surface area contributed by atoms with Crippen LogP contribution < -0.4 is 27.8 Å². The Kier molecular flexibility index (Phi) is 9.48. The van der Waals surface area contributed by atoms with Gasteiger partial charge in [0.15, 0.2) is 5.96 Å². The zero-order valence-corrected chi connectivity index (χ0v) is 12.9. The summed E-state index contributed by atoms with van der Waals surface area (Å²) in [6.07, 6.45) is -0.0989. The van der Waals surface area contributed by atoms with Crippen molar-refractivity contribution in [2.24, 2.45) is 22.2 Å². The molecule has 2 unspecified atom stereocenters. The van der Waals surface area contributed by atoms with Gasteiger partial charge in [-0.1, -0.05) is 0 Å². The minimum absolute atomic E-state index is 0.0929. The summed E-state index contributed by atoms with van der Waals surface area (Å²) in [6, 6.07) is -2.43. The number of nitrogens with one attached hydrogen (secondary N) is 2. The van der Waals surface area contributed by atoms with Crippen molar-refractivity contribution >= 4 is 29.7 Å². The normalized spacial score (nSPS) is 12.5. The van der Waals surface area contributed by atoms with Gasteiger partial charge in [0.25, 0.3) is 0 Å². The van der Waals surface area contributed by atoms with Crippen LogP contribution in [0.15, 0.2) is 4.99 Å². The van der Waals surface area contributed by atoms with Crippen molar-refractivity contribution in [1.82, 2.24) is 10.6 Å². The first-order valence-corrected chi connectivity index (χ1v) is 6.96. The van der Waals surface area contributed by atoms with Gasteiger partial charge in [0.1, 0.15) is 12.6 Å². The first-order valence-electron chi connectivity index (χ1n) is 6.96. The Labute approximate surface area is 137 Å². The molecule has 0 rings (SSSR count). The summed E-state index contributed by atoms with van der Waals surface area (Å²) in [5.74, 6) is -4.41. The zero-order chi connectivity index (χ0) is 18.7. The Morgan fingerprint density at radius 3 is 2.17 bits per heavy atom. The highest BCUT2D eigenvalue weighted by Gasteiger charge is 2.26. The number of guanidine groups is 1. The van der Waals surface area contributed by atoms with Crippen molar-refractivity contribution in [3.05, 3.63) is 0 Å². The van der Waals surface area contributed by atoms with E-state index in [-0.39, 0.29) is 18.9 Å². The third-order valence-electron chi connectivity index (χ3n) is 2.73. The predicted molar refractivity (Wildman–Crippen MR) is 82.7 cm³/mol. The number of nitrogens with zero attached hydrogens (tertiary/aromatic N) is 1. The Bertz CT molecular complexity index is 504. The van der Waals surface area contributed by atoms with E-state index in [2.05, 4.69) is 10.3 Å². The van der Waals surface area contributed by atoms with E-state index < -0.39 is 48.8 Å². The highest BCUT2D eigenvalue weighted by molar-refractivity contribution is 5.93. The minimum atomic E-state index is -1.43. The van der Waals surface area contributed by atoms with Crippen LogP contribution in [0.1, 0.15) is 19.3 Å². The summed E-state index contributed by atoms with van der Waals surface area (Å²) >= 11 is 0. The lowest BCUT2D eigenvalue weighted by Gasteiger charge is -2.19. The lowest BCUT2D eigenvalue weighted by Crippen LogP contribution is -2.52. The Morgan fingerprint density at radius 1 is 1.04 bits per heavy atom. The quantitative estimate of drug-likeness (QED) is 0.112.